The minimum atomic E-state index is -0.836. The van der Waals surface area contributed by atoms with E-state index < -0.39 is 17.7 Å². The van der Waals surface area contributed by atoms with Crippen LogP contribution in [0.15, 0.2) is 97.1 Å². The zero-order valence-electron chi connectivity index (χ0n) is 35.7. The van der Waals surface area contributed by atoms with Crippen LogP contribution in [0.5, 0.6) is 5.75 Å². The molecule has 2 heterocycles. The van der Waals surface area contributed by atoms with Crippen molar-refractivity contribution in [2.75, 3.05) is 59.0 Å². The number of hydrogen-bond donors (Lipinski definition) is 1. The number of likely N-dealkylation sites (tertiary alicyclic amines) is 1. The molecule has 0 spiro atoms. The number of piperidine rings is 1. The van der Waals surface area contributed by atoms with Crippen LogP contribution in [0.25, 0.3) is 11.1 Å². The van der Waals surface area contributed by atoms with Gasteiger partial charge in [0.2, 0.25) is 5.91 Å². The second-order valence-electron chi connectivity index (χ2n) is 16.9. The van der Waals surface area contributed by atoms with Crippen LogP contribution in [0.3, 0.4) is 0 Å². The van der Waals surface area contributed by atoms with Crippen LogP contribution >= 0.6 is 11.6 Å². The number of rotatable bonds is 15. The maximum Gasteiger partial charge on any atom is 0.408 e. The van der Waals surface area contributed by atoms with Crippen molar-refractivity contribution < 1.29 is 54.4 Å². The number of carbonyl (C=O) groups is 3. The van der Waals surface area contributed by atoms with E-state index in [1.165, 1.54) is 6.07 Å². The Bertz CT molecular complexity index is 2050. The van der Waals surface area contributed by atoms with Gasteiger partial charge in [0.05, 0.1) is 26.2 Å². The minimum absolute atomic E-state index is 0. The van der Waals surface area contributed by atoms with Crippen molar-refractivity contribution in [1.29, 1.82) is 0 Å². The maximum atomic E-state index is 14.9. The van der Waals surface area contributed by atoms with Gasteiger partial charge in [0.15, 0.2) is 6.54 Å². The Morgan fingerprint density at radius 3 is 2.23 bits per heavy atom. The van der Waals surface area contributed by atoms with Crippen LogP contribution in [-0.2, 0) is 38.6 Å². The van der Waals surface area contributed by atoms with Crippen LogP contribution in [0, 0.1) is 11.7 Å². The molecular weight excluding hydrogens is 863 g/mol. The van der Waals surface area contributed by atoms with Crippen LogP contribution in [0.2, 0.25) is 5.02 Å². The average Bonchev–Trinajstić information content (AvgIpc) is 3.23. The van der Waals surface area contributed by atoms with Gasteiger partial charge < -0.3 is 45.9 Å². The number of ether oxygens (including phenoxy) is 3. The van der Waals surface area contributed by atoms with Gasteiger partial charge >= 0.3 is 12.1 Å². The number of quaternary nitrogens is 1. The third-order valence-corrected chi connectivity index (χ3v) is 11.7. The fourth-order valence-electron chi connectivity index (χ4n) is 8.41. The van der Waals surface area contributed by atoms with E-state index in [2.05, 4.69) is 22.3 Å². The zero-order valence-corrected chi connectivity index (χ0v) is 38.1. The number of amides is 2. The normalized spacial score (nSPS) is 18.7. The molecule has 2 fully saturated rings. The Hall–Kier alpha value is -4.49. The molecule has 2 aliphatic rings. The standard InChI is InChI=1S/C48H58ClFN4O6.BrH/c1-5-58-43-18-12-17-42(50)41(43)32-52-24-26-53(27-25-52)46(56)45(51-47(57)59-34-35-13-8-6-9-14-35)37-21-28-54(29-22-37,33-44(55)60-48(2,3)4)30-23-38-31-39(49)19-20-40(38)36-15-10-7-11-16-36;/h6-20,31,37,45H,5,21-30,32-34H2,1-4H3;1H/t37?,45-,54?;/m1./s1. The van der Waals surface area contributed by atoms with Crippen molar-refractivity contribution in [3.63, 3.8) is 0 Å². The van der Waals surface area contributed by atoms with Gasteiger partial charge in [-0.15, -0.1) is 0 Å². The molecule has 0 aliphatic carbocycles. The fraction of sp³-hybridized carbons (Fsp3) is 0.438. The second-order valence-corrected chi connectivity index (χ2v) is 17.4. The Labute approximate surface area is 375 Å². The first kappa shape index (κ1) is 47.6. The first-order valence-electron chi connectivity index (χ1n) is 21.1. The fourth-order valence-corrected chi connectivity index (χ4v) is 8.60. The Kier molecular flexibility index (Phi) is 17.2. The SMILES string of the molecule is CCOc1cccc(F)c1CN1CCN(C(=O)[C@H](NC(=O)OCc2ccccc2)C2CC[N+](CCc3cc(Cl)ccc3-c3ccccc3)(CC(=O)OC(C)(C)C)CC2)CC1.[Br-]. The van der Waals surface area contributed by atoms with Crippen molar-refractivity contribution in [2.45, 2.75) is 71.8 Å². The smallest absolute Gasteiger partial charge is 0.408 e. The summed E-state index contributed by atoms with van der Waals surface area (Å²) in [4.78, 5) is 45.4. The van der Waals surface area contributed by atoms with E-state index in [1.54, 1.807) is 17.0 Å². The highest BCUT2D eigenvalue weighted by Crippen LogP contribution is 2.32. The summed E-state index contributed by atoms with van der Waals surface area (Å²) in [5.74, 6) is -0.441. The number of nitrogens with one attached hydrogen (secondary N) is 1. The lowest BCUT2D eigenvalue weighted by molar-refractivity contribution is -0.926. The number of benzene rings is 4. The predicted molar refractivity (Wildman–Crippen MR) is 232 cm³/mol. The van der Waals surface area contributed by atoms with Crippen molar-refractivity contribution in [1.82, 2.24) is 15.1 Å². The highest BCUT2D eigenvalue weighted by molar-refractivity contribution is 6.30. The molecule has 0 bridgehead atoms. The van der Waals surface area contributed by atoms with Crippen LogP contribution < -0.4 is 27.0 Å². The molecule has 2 saturated heterocycles. The van der Waals surface area contributed by atoms with Gasteiger partial charge in [-0.25, -0.2) is 14.0 Å². The molecule has 2 amide bonds. The Morgan fingerprint density at radius 2 is 1.57 bits per heavy atom. The van der Waals surface area contributed by atoms with E-state index in [-0.39, 0.29) is 53.7 Å². The number of carbonyl (C=O) groups excluding carboxylic acids is 3. The summed E-state index contributed by atoms with van der Waals surface area (Å²) < 4.78 is 32.6. The van der Waals surface area contributed by atoms with Gasteiger partial charge in [-0.3, -0.25) is 9.69 Å². The lowest BCUT2D eigenvalue weighted by atomic mass is 9.86. The monoisotopic (exact) mass is 920 g/mol. The van der Waals surface area contributed by atoms with Crippen molar-refractivity contribution >= 4 is 29.6 Å². The number of halogens is 3. The molecular formula is C48H59BrClFN4O6. The first-order valence-corrected chi connectivity index (χ1v) is 21.5. The third-order valence-electron chi connectivity index (χ3n) is 11.5. The number of alkyl carbamates (subject to hydrolysis) is 1. The van der Waals surface area contributed by atoms with E-state index in [0.29, 0.717) is 99.0 Å². The molecule has 0 saturated carbocycles. The molecule has 0 unspecified atom stereocenters. The van der Waals surface area contributed by atoms with Crippen molar-refractivity contribution in [3.8, 4) is 16.9 Å². The Balaban J connectivity index is 0.00000704. The molecule has 0 radical (unpaired) electrons. The van der Waals surface area contributed by atoms with Gasteiger partial charge in [0.25, 0.3) is 0 Å². The van der Waals surface area contributed by atoms with E-state index in [0.717, 1.165) is 22.3 Å². The van der Waals surface area contributed by atoms with Gasteiger partial charge in [-0.1, -0.05) is 84.4 Å². The second kappa shape index (κ2) is 22.0. The third kappa shape index (κ3) is 13.5. The van der Waals surface area contributed by atoms with Gasteiger partial charge in [-0.2, -0.15) is 0 Å². The van der Waals surface area contributed by atoms with Crippen LogP contribution in [0.4, 0.5) is 9.18 Å². The molecule has 2 aliphatic heterocycles. The molecule has 4 aromatic carbocycles. The molecule has 328 valence electrons. The highest BCUT2D eigenvalue weighted by Gasteiger charge is 2.43. The van der Waals surface area contributed by atoms with Crippen molar-refractivity contribution in [2.24, 2.45) is 5.92 Å². The van der Waals surface area contributed by atoms with Crippen LogP contribution in [0.1, 0.15) is 57.2 Å². The largest absolute Gasteiger partial charge is 1.00 e. The summed E-state index contributed by atoms with van der Waals surface area (Å²) in [5.41, 5.74) is 3.98. The first-order chi connectivity index (χ1) is 28.8. The number of nitrogens with zero attached hydrogens (tertiary/aromatic N) is 3. The maximum absolute atomic E-state index is 14.9. The molecule has 61 heavy (non-hydrogen) atoms. The minimum Gasteiger partial charge on any atom is -1.00 e. The summed E-state index contributed by atoms with van der Waals surface area (Å²) in [6.07, 6.45) is 1.20. The quantitative estimate of drug-likeness (QED) is 0.128. The predicted octanol–water partition coefficient (Wildman–Crippen LogP) is 5.30. The van der Waals surface area contributed by atoms with Gasteiger partial charge in [0.1, 0.15) is 29.8 Å². The summed E-state index contributed by atoms with van der Waals surface area (Å²) >= 11 is 6.55. The molecule has 1 N–H and O–H groups in total. The van der Waals surface area contributed by atoms with E-state index >= 15 is 0 Å². The molecule has 10 nitrogen and oxygen atoms in total. The number of piperazine rings is 1. The van der Waals surface area contributed by atoms with E-state index in [1.807, 2.05) is 94.4 Å². The summed E-state index contributed by atoms with van der Waals surface area (Å²) in [6, 6.07) is 29.6. The highest BCUT2D eigenvalue weighted by atomic mass is 79.9. The summed E-state index contributed by atoms with van der Waals surface area (Å²) in [5, 5.41) is 3.63. The summed E-state index contributed by atoms with van der Waals surface area (Å²) in [6.45, 7) is 12.3. The number of esters is 1. The molecule has 1 atom stereocenters. The average molecular weight is 922 g/mol. The lowest BCUT2D eigenvalue weighted by Gasteiger charge is -2.45. The van der Waals surface area contributed by atoms with Gasteiger partial charge in [-0.05, 0) is 80.1 Å². The van der Waals surface area contributed by atoms with E-state index in [4.69, 9.17) is 25.8 Å². The number of hydrogen-bond acceptors (Lipinski definition) is 7. The molecule has 4 aromatic rings. The Morgan fingerprint density at radius 1 is 0.902 bits per heavy atom. The summed E-state index contributed by atoms with van der Waals surface area (Å²) in [7, 11) is 0. The zero-order chi connectivity index (χ0) is 42.7. The van der Waals surface area contributed by atoms with Gasteiger partial charge in [0, 0.05) is 62.6 Å². The molecule has 13 heteroatoms. The molecule has 0 aromatic heterocycles. The lowest BCUT2D eigenvalue weighted by Crippen LogP contribution is -3.00. The van der Waals surface area contributed by atoms with E-state index in [9.17, 15) is 18.8 Å². The molecule has 6 rings (SSSR count). The van der Waals surface area contributed by atoms with Crippen molar-refractivity contribution in [3.05, 3.63) is 125 Å². The topological polar surface area (TPSA) is 97.4 Å². The van der Waals surface area contributed by atoms with Crippen LogP contribution in [-0.4, -0.2) is 103 Å².